The largest absolute Gasteiger partial charge is 0.312 e. The van der Waals surface area contributed by atoms with Gasteiger partial charge in [0.25, 0.3) is 5.69 Å². The Morgan fingerprint density at radius 2 is 1.90 bits per heavy atom. The van der Waals surface area contributed by atoms with Gasteiger partial charge in [0.05, 0.1) is 4.92 Å². The number of benzene rings is 1. The van der Waals surface area contributed by atoms with Crippen LogP contribution in [0.5, 0.6) is 0 Å². The van der Waals surface area contributed by atoms with E-state index in [1.807, 2.05) is 12.1 Å². The van der Waals surface area contributed by atoms with Crippen LogP contribution in [0.2, 0.25) is 0 Å². The van der Waals surface area contributed by atoms with Crippen LogP contribution in [-0.4, -0.2) is 11.5 Å². The average Bonchev–Trinajstić information content (AvgIpc) is 2.49. The van der Waals surface area contributed by atoms with Crippen LogP contribution in [-0.2, 0) is 6.54 Å². The van der Waals surface area contributed by atoms with Crippen molar-refractivity contribution in [3.8, 4) is 0 Å². The Morgan fingerprint density at radius 1 is 1.24 bits per heavy atom. The molecule has 2 rings (SSSR count). The number of nitrogens with zero attached hydrogens (tertiary/aromatic N) is 1. The summed E-state index contributed by atoms with van der Waals surface area (Å²) in [6.07, 6.45) is 6.67. The smallest absolute Gasteiger partial charge is 0.272 e. The Hall–Kier alpha value is -1.42. The average molecular weight is 290 g/mol. The third kappa shape index (κ3) is 4.53. The predicted molar refractivity (Wildman–Crippen MR) is 85.3 cm³/mol. The molecule has 4 nitrogen and oxygen atoms in total. The maximum Gasteiger partial charge on any atom is 0.272 e. The summed E-state index contributed by atoms with van der Waals surface area (Å²) < 4.78 is 0. The van der Waals surface area contributed by atoms with Gasteiger partial charge < -0.3 is 5.32 Å². The first-order valence-electron chi connectivity index (χ1n) is 8.04. The zero-order valence-corrected chi connectivity index (χ0v) is 13.1. The van der Waals surface area contributed by atoms with Crippen molar-refractivity contribution >= 4 is 5.69 Å². The molecule has 116 valence electrons. The number of hydrogen-bond acceptors (Lipinski definition) is 3. The zero-order valence-electron chi connectivity index (χ0n) is 13.1. The van der Waals surface area contributed by atoms with Crippen molar-refractivity contribution < 1.29 is 4.92 Å². The van der Waals surface area contributed by atoms with Crippen LogP contribution < -0.4 is 5.32 Å². The molecular weight excluding hydrogens is 264 g/mol. The quantitative estimate of drug-likeness (QED) is 0.630. The van der Waals surface area contributed by atoms with Gasteiger partial charge in [-0.1, -0.05) is 38.3 Å². The van der Waals surface area contributed by atoms with E-state index in [0.29, 0.717) is 0 Å². The summed E-state index contributed by atoms with van der Waals surface area (Å²) in [6.45, 7) is 5.81. The number of nitro benzene ring substituents is 1. The van der Waals surface area contributed by atoms with Gasteiger partial charge in [0.1, 0.15) is 0 Å². The fourth-order valence-corrected chi connectivity index (χ4v) is 3.23. The van der Waals surface area contributed by atoms with Crippen LogP contribution in [0.25, 0.3) is 0 Å². The van der Waals surface area contributed by atoms with E-state index in [1.165, 1.54) is 32.1 Å². The molecule has 1 N–H and O–H groups in total. The van der Waals surface area contributed by atoms with E-state index in [-0.39, 0.29) is 10.6 Å². The number of aryl methyl sites for hydroxylation is 1. The molecular formula is C17H26N2O2. The van der Waals surface area contributed by atoms with E-state index in [0.717, 1.165) is 36.1 Å². The lowest BCUT2D eigenvalue weighted by Crippen LogP contribution is -2.26. The molecule has 0 bridgehead atoms. The Morgan fingerprint density at radius 3 is 2.52 bits per heavy atom. The number of hydrogen-bond donors (Lipinski definition) is 1. The van der Waals surface area contributed by atoms with Crippen molar-refractivity contribution in [2.24, 2.45) is 11.8 Å². The lowest BCUT2D eigenvalue weighted by Gasteiger charge is -2.27. The summed E-state index contributed by atoms with van der Waals surface area (Å²) in [5.74, 6) is 1.70. The van der Waals surface area contributed by atoms with Crippen LogP contribution in [0.15, 0.2) is 18.2 Å². The van der Waals surface area contributed by atoms with Crippen LogP contribution in [0.1, 0.15) is 50.2 Å². The number of nitro groups is 1. The van der Waals surface area contributed by atoms with Crippen molar-refractivity contribution in [2.45, 2.75) is 52.5 Å². The fourth-order valence-electron chi connectivity index (χ4n) is 3.23. The van der Waals surface area contributed by atoms with E-state index < -0.39 is 0 Å². The summed E-state index contributed by atoms with van der Waals surface area (Å²) in [6, 6.07) is 5.50. The summed E-state index contributed by atoms with van der Waals surface area (Å²) in [5.41, 5.74) is 1.94. The van der Waals surface area contributed by atoms with Gasteiger partial charge in [-0.25, -0.2) is 0 Å². The molecule has 0 saturated heterocycles. The van der Waals surface area contributed by atoms with E-state index in [1.54, 1.807) is 13.0 Å². The predicted octanol–water partition coefficient (Wildman–Crippen LogP) is 4.21. The Balaban J connectivity index is 1.79. The summed E-state index contributed by atoms with van der Waals surface area (Å²) >= 11 is 0. The summed E-state index contributed by atoms with van der Waals surface area (Å²) in [4.78, 5) is 10.6. The Labute approximate surface area is 127 Å². The van der Waals surface area contributed by atoms with Crippen LogP contribution in [0.4, 0.5) is 5.69 Å². The van der Waals surface area contributed by atoms with Gasteiger partial charge in [0.15, 0.2) is 0 Å². The van der Waals surface area contributed by atoms with Crippen LogP contribution >= 0.6 is 0 Å². The SMILES string of the molecule is CCC1CCC(CNCc2ccc(C)c([N+](=O)[O-])c2)CC1. The van der Waals surface area contributed by atoms with Gasteiger partial charge in [0, 0.05) is 18.2 Å². The van der Waals surface area contributed by atoms with Gasteiger partial charge in [-0.05, 0) is 43.7 Å². The van der Waals surface area contributed by atoms with E-state index >= 15 is 0 Å². The molecule has 0 spiro atoms. The highest BCUT2D eigenvalue weighted by Crippen LogP contribution is 2.30. The minimum Gasteiger partial charge on any atom is -0.312 e. The molecule has 0 aromatic heterocycles. The minimum atomic E-state index is -0.301. The summed E-state index contributed by atoms with van der Waals surface area (Å²) in [5, 5.41) is 14.4. The van der Waals surface area contributed by atoms with Gasteiger partial charge in [-0.2, -0.15) is 0 Å². The molecule has 1 aromatic rings. The minimum absolute atomic E-state index is 0.220. The molecule has 0 amide bonds. The molecule has 1 aliphatic rings. The van der Waals surface area contributed by atoms with Gasteiger partial charge in [-0.3, -0.25) is 10.1 Å². The van der Waals surface area contributed by atoms with E-state index in [4.69, 9.17) is 0 Å². The van der Waals surface area contributed by atoms with Crippen molar-refractivity contribution in [3.63, 3.8) is 0 Å². The molecule has 4 heteroatoms. The van der Waals surface area contributed by atoms with Crippen LogP contribution in [0, 0.1) is 28.9 Å². The first kappa shape index (κ1) is 16.0. The third-order valence-corrected chi connectivity index (χ3v) is 4.78. The molecule has 1 fully saturated rings. The molecule has 21 heavy (non-hydrogen) atoms. The van der Waals surface area contributed by atoms with Crippen LogP contribution in [0.3, 0.4) is 0 Å². The molecule has 0 unspecified atom stereocenters. The molecule has 1 aromatic carbocycles. The van der Waals surface area contributed by atoms with E-state index in [2.05, 4.69) is 12.2 Å². The summed E-state index contributed by atoms with van der Waals surface area (Å²) in [7, 11) is 0. The lowest BCUT2D eigenvalue weighted by atomic mass is 9.81. The Kier molecular flexibility index (Phi) is 5.74. The molecule has 0 atom stereocenters. The van der Waals surface area contributed by atoms with E-state index in [9.17, 15) is 10.1 Å². The fraction of sp³-hybridized carbons (Fsp3) is 0.647. The Bertz CT molecular complexity index is 480. The number of nitrogens with one attached hydrogen (secondary N) is 1. The molecule has 0 heterocycles. The molecule has 1 aliphatic carbocycles. The maximum atomic E-state index is 10.9. The molecule has 0 radical (unpaired) electrons. The van der Waals surface area contributed by atoms with Gasteiger partial charge in [-0.15, -0.1) is 0 Å². The topological polar surface area (TPSA) is 55.2 Å². The van der Waals surface area contributed by atoms with Crippen molar-refractivity contribution in [3.05, 3.63) is 39.4 Å². The first-order chi connectivity index (χ1) is 10.1. The monoisotopic (exact) mass is 290 g/mol. The van der Waals surface area contributed by atoms with Crippen molar-refractivity contribution in [1.29, 1.82) is 0 Å². The second-order valence-corrected chi connectivity index (χ2v) is 6.30. The van der Waals surface area contributed by atoms with Gasteiger partial charge >= 0.3 is 0 Å². The van der Waals surface area contributed by atoms with Crippen molar-refractivity contribution in [1.82, 2.24) is 5.32 Å². The highest BCUT2D eigenvalue weighted by molar-refractivity contribution is 5.42. The standard InChI is InChI=1S/C17H26N2O2/c1-3-14-6-8-15(9-7-14)11-18-12-16-5-4-13(2)17(10-16)19(20)21/h4-5,10,14-15,18H,3,6-9,11-12H2,1-2H3. The lowest BCUT2D eigenvalue weighted by molar-refractivity contribution is -0.385. The normalized spacial score (nSPS) is 22.2. The highest BCUT2D eigenvalue weighted by Gasteiger charge is 2.19. The molecule has 1 saturated carbocycles. The highest BCUT2D eigenvalue weighted by atomic mass is 16.6. The van der Waals surface area contributed by atoms with Gasteiger partial charge in [0.2, 0.25) is 0 Å². The second kappa shape index (κ2) is 7.55. The first-order valence-corrected chi connectivity index (χ1v) is 8.04. The maximum absolute atomic E-state index is 10.9. The van der Waals surface area contributed by atoms with Crippen molar-refractivity contribution in [2.75, 3.05) is 6.54 Å². The molecule has 0 aliphatic heterocycles. The zero-order chi connectivity index (χ0) is 15.2. The third-order valence-electron chi connectivity index (χ3n) is 4.78. The second-order valence-electron chi connectivity index (χ2n) is 6.30. The number of rotatable bonds is 6.